The molecular formula is C15H34N2. The summed E-state index contributed by atoms with van der Waals surface area (Å²) in [4.78, 5) is 2.61. The van der Waals surface area contributed by atoms with Gasteiger partial charge in [-0.15, -0.1) is 0 Å². The number of hydrogen-bond donors (Lipinski definition) is 1. The first-order chi connectivity index (χ1) is 7.99. The summed E-state index contributed by atoms with van der Waals surface area (Å²) in [6.45, 7) is 14.6. The molecule has 0 spiro atoms. The first-order valence-corrected chi connectivity index (χ1v) is 7.43. The Morgan fingerprint density at radius 2 is 1.76 bits per heavy atom. The van der Waals surface area contributed by atoms with Gasteiger partial charge in [0.25, 0.3) is 0 Å². The summed E-state index contributed by atoms with van der Waals surface area (Å²) < 4.78 is 0. The summed E-state index contributed by atoms with van der Waals surface area (Å²) in [6.07, 6.45) is 6.43. The molecule has 104 valence electrons. The standard InChI is InChI=1S/C15H34N2/c1-6-8-9-11-17(14(3)4)13-15(5,12-16)10-7-2/h14H,6-13,16H2,1-5H3. The first kappa shape index (κ1) is 16.9. The molecule has 0 aromatic rings. The fourth-order valence-electron chi connectivity index (χ4n) is 2.42. The van der Waals surface area contributed by atoms with Gasteiger partial charge in [0.05, 0.1) is 0 Å². The van der Waals surface area contributed by atoms with Gasteiger partial charge in [-0.3, -0.25) is 0 Å². The van der Waals surface area contributed by atoms with Gasteiger partial charge in [-0.2, -0.15) is 0 Å². The average Bonchev–Trinajstić information content (AvgIpc) is 2.28. The van der Waals surface area contributed by atoms with Gasteiger partial charge in [0, 0.05) is 12.6 Å². The zero-order valence-corrected chi connectivity index (χ0v) is 12.8. The highest BCUT2D eigenvalue weighted by molar-refractivity contribution is 4.80. The largest absolute Gasteiger partial charge is 0.330 e. The Balaban J connectivity index is 4.29. The Kier molecular flexibility index (Phi) is 8.89. The number of hydrogen-bond acceptors (Lipinski definition) is 2. The van der Waals surface area contributed by atoms with Crippen molar-refractivity contribution in [1.82, 2.24) is 4.90 Å². The van der Waals surface area contributed by atoms with Gasteiger partial charge in [0.2, 0.25) is 0 Å². The zero-order chi connectivity index (χ0) is 13.3. The maximum atomic E-state index is 5.97. The third kappa shape index (κ3) is 7.05. The lowest BCUT2D eigenvalue weighted by Crippen LogP contribution is -2.44. The lowest BCUT2D eigenvalue weighted by Gasteiger charge is -2.37. The molecular weight excluding hydrogens is 208 g/mol. The number of nitrogens with zero attached hydrogens (tertiary/aromatic N) is 1. The first-order valence-electron chi connectivity index (χ1n) is 7.43. The molecule has 0 fully saturated rings. The van der Waals surface area contributed by atoms with Gasteiger partial charge >= 0.3 is 0 Å². The molecule has 0 aliphatic carbocycles. The molecule has 2 nitrogen and oxygen atoms in total. The Hall–Kier alpha value is -0.0800. The van der Waals surface area contributed by atoms with E-state index in [1.807, 2.05) is 0 Å². The highest BCUT2D eigenvalue weighted by atomic mass is 15.2. The smallest absolute Gasteiger partial charge is 0.00501 e. The minimum absolute atomic E-state index is 0.297. The number of unbranched alkanes of at least 4 members (excludes halogenated alkanes) is 2. The van der Waals surface area contributed by atoms with Crippen molar-refractivity contribution in [3.8, 4) is 0 Å². The third-order valence-electron chi connectivity index (χ3n) is 3.71. The Morgan fingerprint density at radius 3 is 2.18 bits per heavy atom. The molecule has 0 aliphatic heterocycles. The van der Waals surface area contributed by atoms with E-state index in [-0.39, 0.29) is 0 Å². The van der Waals surface area contributed by atoms with Crippen molar-refractivity contribution in [2.24, 2.45) is 11.1 Å². The van der Waals surface area contributed by atoms with Crippen LogP contribution in [0.5, 0.6) is 0 Å². The molecule has 0 aromatic carbocycles. The predicted octanol–water partition coefficient (Wildman–Crippen LogP) is 3.65. The van der Waals surface area contributed by atoms with Crippen LogP contribution in [0.2, 0.25) is 0 Å². The molecule has 1 atom stereocenters. The lowest BCUT2D eigenvalue weighted by molar-refractivity contribution is 0.127. The van der Waals surface area contributed by atoms with E-state index < -0.39 is 0 Å². The molecule has 0 amide bonds. The van der Waals surface area contributed by atoms with Crippen LogP contribution in [-0.4, -0.2) is 30.6 Å². The molecule has 2 heteroatoms. The Labute approximate surface area is 109 Å². The van der Waals surface area contributed by atoms with E-state index in [1.54, 1.807) is 0 Å². The van der Waals surface area contributed by atoms with Crippen LogP contribution in [0, 0.1) is 5.41 Å². The highest BCUT2D eigenvalue weighted by Crippen LogP contribution is 2.24. The van der Waals surface area contributed by atoms with Gasteiger partial charge in [-0.05, 0) is 45.2 Å². The normalized spacial score (nSPS) is 15.5. The second-order valence-electron chi connectivity index (χ2n) is 6.04. The minimum Gasteiger partial charge on any atom is -0.330 e. The molecule has 0 saturated heterocycles. The SMILES string of the molecule is CCCCCN(CC(C)(CN)CCC)C(C)C. The van der Waals surface area contributed by atoms with Gasteiger partial charge in [0.15, 0.2) is 0 Å². The van der Waals surface area contributed by atoms with E-state index in [0.29, 0.717) is 11.5 Å². The Morgan fingerprint density at radius 1 is 1.12 bits per heavy atom. The number of rotatable bonds is 10. The van der Waals surface area contributed by atoms with Crippen LogP contribution in [0.15, 0.2) is 0 Å². The molecule has 1 unspecified atom stereocenters. The van der Waals surface area contributed by atoms with Crippen molar-refractivity contribution >= 4 is 0 Å². The molecule has 0 saturated carbocycles. The van der Waals surface area contributed by atoms with Crippen molar-refractivity contribution in [2.75, 3.05) is 19.6 Å². The average molecular weight is 242 g/mol. The summed E-state index contributed by atoms with van der Waals surface area (Å²) >= 11 is 0. The molecule has 0 rings (SSSR count). The summed E-state index contributed by atoms with van der Waals surface area (Å²) in [6, 6.07) is 0.634. The molecule has 0 aromatic heterocycles. The third-order valence-corrected chi connectivity index (χ3v) is 3.71. The fraction of sp³-hybridized carbons (Fsp3) is 1.00. The van der Waals surface area contributed by atoms with Crippen molar-refractivity contribution in [1.29, 1.82) is 0 Å². The monoisotopic (exact) mass is 242 g/mol. The van der Waals surface area contributed by atoms with Crippen LogP contribution in [0.1, 0.15) is 66.7 Å². The van der Waals surface area contributed by atoms with Gasteiger partial charge in [-0.25, -0.2) is 0 Å². The van der Waals surface area contributed by atoms with Crippen LogP contribution >= 0.6 is 0 Å². The molecule has 2 N–H and O–H groups in total. The molecule has 0 aliphatic rings. The van der Waals surface area contributed by atoms with E-state index in [9.17, 15) is 0 Å². The second-order valence-corrected chi connectivity index (χ2v) is 6.04. The van der Waals surface area contributed by atoms with Crippen LogP contribution in [0.25, 0.3) is 0 Å². The maximum absolute atomic E-state index is 5.97. The quantitative estimate of drug-likeness (QED) is 0.593. The van der Waals surface area contributed by atoms with Crippen LogP contribution in [0.4, 0.5) is 0 Å². The highest BCUT2D eigenvalue weighted by Gasteiger charge is 2.25. The molecule has 0 bridgehead atoms. The van der Waals surface area contributed by atoms with Crippen molar-refractivity contribution in [3.63, 3.8) is 0 Å². The van der Waals surface area contributed by atoms with E-state index in [0.717, 1.165) is 13.1 Å². The van der Waals surface area contributed by atoms with E-state index in [2.05, 4.69) is 39.5 Å². The summed E-state index contributed by atoms with van der Waals surface area (Å²) in [5, 5.41) is 0. The van der Waals surface area contributed by atoms with Crippen molar-refractivity contribution < 1.29 is 0 Å². The fourth-order valence-corrected chi connectivity index (χ4v) is 2.42. The Bertz CT molecular complexity index is 180. The summed E-state index contributed by atoms with van der Waals surface area (Å²) in [5.41, 5.74) is 6.27. The van der Waals surface area contributed by atoms with E-state index in [1.165, 1.54) is 38.6 Å². The lowest BCUT2D eigenvalue weighted by atomic mass is 9.84. The predicted molar refractivity (Wildman–Crippen MR) is 78.3 cm³/mol. The maximum Gasteiger partial charge on any atom is 0.00501 e. The van der Waals surface area contributed by atoms with Crippen molar-refractivity contribution in [3.05, 3.63) is 0 Å². The van der Waals surface area contributed by atoms with Crippen LogP contribution < -0.4 is 5.73 Å². The second kappa shape index (κ2) is 8.93. The van der Waals surface area contributed by atoms with Gasteiger partial charge < -0.3 is 10.6 Å². The van der Waals surface area contributed by atoms with Crippen molar-refractivity contribution in [2.45, 2.75) is 72.8 Å². The van der Waals surface area contributed by atoms with Gasteiger partial charge in [0.1, 0.15) is 0 Å². The zero-order valence-electron chi connectivity index (χ0n) is 12.8. The number of nitrogens with two attached hydrogens (primary N) is 1. The summed E-state index contributed by atoms with van der Waals surface area (Å²) in [7, 11) is 0. The minimum atomic E-state index is 0.297. The molecule has 0 radical (unpaired) electrons. The van der Waals surface area contributed by atoms with E-state index >= 15 is 0 Å². The molecule has 0 heterocycles. The van der Waals surface area contributed by atoms with E-state index in [4.69, 9.17) is 5.73 Å². The molecule has 17 heavy (non-hydrogen) atoms. The van der Waals surface area contributed by atoms with Crippen LogP contribution in [-0.2, 0) is 0 Å². The summed E-state index contributed by atoms with van der Waals surface area (Å²) in [5.74, 6) is 0. The topological polar surface area (TPSA) is 29.3 Å². The van der Waals surface area contributed by atoms with Crippen LogP contribution in [0.3, 0.4) is 0 Å². The van der Waals surface area contributed by atoms with Gasteiger partial charge in [-0.1, -0.05) is 40.0 Å².